The molecule has 2 aromatic carbocycles. The highest BCUT2D eigenvalue weighted by atomic mass is 32.1. The Morgan fingerprint density at radius 3 is 2.46 bits per heavy atom. The van der Waals surface area contributed by atoms with Gasteiger partial charge in [-0.2, -0.15) is 13.7 Å². The van der Waals surface area contributed by atoms with E-state index in [1.807, 2.05) is 49.4 Å². The van der Waals surface area contributed by atoms with Crippen LogP contribution in [0.1, 0.15) is 17.7 Å². The van der Waals surface area contributed by atoms with Gasteiger partial charge in [0.25, 0.3) is 0 Å². The number of aromatic nitrogens is 2. The summed E-state index contributed by atoms with van der Waals surface area (Å²) in [7, 11) is 0. The Morgan fingerprint density at radius 1 is 1.15 bits per heavy atom. The van der Waals surface area contributed by atoms with Gasteiger partial charge in [-0.3, -0.25) is 4.79 Å². The topological polar surface area (TPSA) is 84.5 Å². The van der Waals surface area contributed by atoms with Crippen LogP contribution in [0.5, 0.6) is 0 Å². The third-order valence-electron chi connectivity index (χ3n) is 3.94. The molecule has 1 aromatic heterocycles. The van der Waals surface area contributed by atoms with Gasteiger partial charge < -0.3 is 5.11 Å². The van der Waals surface area contributed by atoms with Crippen LogP contribution in [0, 0.1) is 6.92 Å². The van der Waals surface area contributed by atoms with Crippen LogP contribution in [0.4, 0.5) is 5.69 Å². The first-order chi connectivity index (χ1) is 12.6. The van der Waals surface area contributed by atoms with Gasteiger partial charge >= 0.3 is 5.97 Å². The molecule has 0 bridgehead atoms. The van der Waals surface area contributed by atoms with Crippen molar-refractivity contribution >= 4 is 23.1 Å². The fraction of sp³-hybridized carbons (Fsp3) is 0.158. The van der Waals surface area contributed by atoms with Gasteiger partial charge in [-0.25, -0.2) is 4.68 Å². The molecule has 3 rings (SSSR count). The van der Waals surface area contributed by atoms with E-state index in [9.17, 15) is 9.00 Å². The summed E-state index contributed by atoms with van der Waals surface area (Å²) in [6.07, 6.45) is 0.393. The zero-order chi connectivity index (χ0) is 18.5. The van der Waals surface area contributed by atoms with Crippen LogP contribution in [-0.4, -0.2) is 25.1 Å². The monoisotopic (exact) mass is 367 g/mol. The summed E-state index contributed by atoms with van der Waals surface area (Å²) >= 11 is 0.168. The minimum Gasteiger partial charge on any atom is -0.481 e. The maximum atomic E-state index is 10.9. The molecule has 0 aliphatic heterocycles. The first-order valence-corrected chi connectivity index (χ1v) is 8.75. The van der Waals surface area contributed by atoms with Gasteiger partial charge in [0.1, 0.15) is 0 Å². The molecule has 0 fully saturated rings. The normalized spacial score (nSPS) is 10.5. The lowest BCUT2D eigenvalue weighted by Crippen LogP contribution is -2.01. The van der Waals surface area contributed by atoms with Crippen molar-refractivity contribution in [1.29, 1.82) is 0 Å². The Bertz CT molecular complexity index is 972. The number of nitrogens with zero attached hydrogens (tertiary/aromatic N) is 3. The van der Waals surface area contributed by atoms with E-state index < -0.39 is 5.97 Å². The predicted molar refractivity (Wildman–Crippen MR) is 99.9 cm³/mol. The highest BCUT2D eigenvalue weighted by Gasteiger charge is 2.13. The molecular formula is C19H17N3O3S. The second-order valence-corrected chi connectivity index (χ2v) is 6.21. The number of aliphatic carboxylic acids is 1. The van der Waals surface area contributed by atoms with Gasteiger partial charge in [0, 0.05) is 12.0 Å². The summed E-state index contributed by atoms with van der Waals surface area (Å²) in [4.78, 5) is 10.9. The summed E-state index contributed by atoms with van der Waals surface area (Å²) in [6.45, 7) is 2.02. The van der Waals surface area contributed by atoms with Gasteiger partial charge in [-0.15, -0.1) is 0 Å². The summed E-state index contributed by atoms with van der Waals surface area (Å²) in [6, 6.07) is 17.2. The highest BCUT2D eigenvalue weighted by molar-refractivity contribution is 7.54. The maximum absolute atomic E-state index is 10.9. The molecule has 3 aromatic rings. The van der Waals surface area contributed by atoms with Gasteiger partial charge in [-0.05, 0) is 37.3 Å². The number of carbonyl (C=O) groups is 1. The van der Waals surface area contributed by atoms with E-state index in [1.165, 1.54) is 0 Å². The standard InChI is InChI=1S/C19H17N3O3S/c1-13-2-4-14(5-3-13)18-12-16(8-11-19(23)24)20-22(18)17-9-6-15(7-10-17)21-26-25/h2-7,9-10,12H,8,11H2,1H3,(H,23,24). The van der Waals surface area contributed by atoms with E-state index in [2.05, 4.69) is 9.46 Å². The van der Waals surface area contributed by atoms with E-state index in [0.29, 0.717) is 17.8 Å². The summed E-state index contributed by atoms with van der Waals surface area (Å²) in [5.74, 6) is -0.850. The fourth-order valence-electron chi connectivity index (χ4n) is 2.61. The Kier molecular flexibility index (Phi) is 5.38. The molecule has 0 radical (unpaired) electrons. The van der Waals surface area contributed by atoms with Gasteiger partial charge in [0.15, 0.2) is 0 Å². The molecule has 0 atom stereocenters. The lowest BCUT2D eigenvalue weighted by atomic mass is 10.1. The average molecular weight is 367 g/mol. The van der Waals surface area contributed by atoms with Crippen LogP contribution in [0.3, 0.4) is 0 Å². The van der Waals surface area contributed by atoms with Crippen molar-refractivity contribution < 1.29 is 14.1 Å². The van der Waals surface area contributed by atoms with Crippen LogP contribution in [0.25, 0.3) is 16.9 Å². The number of hydrogen-bond acceptors (Lipinski definition) is 4. The highest BCUT2D eigenvalue weighted by Crippen LogP contribution is 2.26. The molecule has 1 heterocycles. The van der Waals surface area contributed by atoms with E-state index in [-0.39, 0.29) is 17.9 Å². The SMILES string of the molecule is Cc1ccc(-c2cc(CCC(=O)O)nn2-c2ccc(N=S=O)cc2)cc1. The first kappa shape index (κ1) is 17.8. The molecule has 0 saturated heterocycles. The van der Waals surface area contributed by atoms with Crippen LogP contribution in [-0.2, 0) is 22.7 Å². The van der Waals surface area contributed by atoms with E-state index >= 15 is 0 Å². The van der Waals surface area contributed by atoms with Crippen LogP contribution in [0.15, 0.2) is 59.0 Å². The summed E-state index contributed by atoms with van der Waals surface area (Å²) < 4.78 is 16.1. The van der Waals surface area contributed by atoms with Crippen molar-refractivity contribution in [1.82, 2.24) is 9.78 Å². The van der Waals surface area contributed by atoms with Crippen LogP contribution >= 0.6 is 0 Å². The number of carboxylic acid groups (broad SMARTS) is 1. The quantitative estimate of drug-likeness (QED) is 0.716. The van der Waals surface area contributed by atoms with Crippen LogP contribution in [0.2, 0.25) is 0 Å². The Morgan fingerprint density at radius 2 is 1.85 bits per heavy atom. The molecule has 0 unspecified atom stereocenters. The van der Waals surface area contributed by atoms with Gasteiger partial charge in [0.05, 0.1) is 29.2 Å². The predicted octanol–water partition coefficient (Wildman–Crippen LogP) is 3.89. The number of hydrogen-bond donors (Lipinski definition) is 1. The van der Waals surface area contributed by atoms with E-state index in [0.717, 1.165) is 22.5 Å². The molecule has 26 heavy (non-hydrogen) atoms. The van der Waals surface area contributed by atoms with Crippen molar-refractivity contribution in [3.05, 3.63) is 65.9 Å². The molecule has 7 heteroatoms. The molecule has 0 amide bonds. The number of rotatable bonds is 6. The average Bonchev–Trinajstić information content (AvgIpc) is 3.06. The van der Waals surface area contributed by atoms with Crippen LogP contribution < -0.4 is 0 Å². The zero-order valence-corrected chi connectivity index (χ0v) is 14.9. The number of benzene rings is 2. The maximum Gasteiger partial charge on any atom is 0.303 e. The van der Waals surface area contributed by atoms with Crippen molar-refractivity contribution in [2.45, 2.75) is 19.8 Å². The van der Waals surface area contributed by atoms with E-state index in [4.69, 9.17) is 5.11 Å². The van der Waals surface area contributed by atoms with Gasteiger partial charge in [-0.1, -0.05) is 29.8 Å². The number of carboxylic acids is 1. The smallest absolute Gasteiger partial charge is 0.303 e. The lowest BCUT2D eigenvalue weighted by molar-refractivity contribution is -0.136. The Labute approximate surface area is 154 Å². The van der Waals surface area contributed by atoms with Crippen molar-refractivity contribution in [2.24, 2.45) is 4.36 Å². The molecule has 6 nitrogen and oxygen atoms in total. The zero-order valence-electron chi connectivity index (χ0n) is 14.1. The largest absolute Gasteiger partial charge is 0.481 e. The molecule has 1 N–H and O–H groups in total. The van der Waals surface area contributed by atoms with Crippen molar-refractivity contribution in [2.75, 3.05) is 0 Å². The Hall–Kier alpha value is -3.06. The third kappa shape index (κ3) is 4.12. The first-order valence-electron chi connectivity index (χ1n) is 8.05. The molecule has 0 saturated carbocycles. The second-order valence-electron chi connectivity index (χ2n) is 5.87. The molecule has 0 aliphatic carbocycles. The second kappa shape index (κ2) is 7.88. The number of aryl methyl sites for hydroxylation is 2. The van der Waals surface area contributed by atoms with E-state index in [1.54, 1.807) is 16.8 Å². The molecule has 0 spiro atoms. The lowest BCUT2D eigenvalue weighted by Gasteiger charge is -2.08. The fourth-order valence-corrected chi connectivity index (χ4v) is 2.82. The summed E-state index contributed by atoms with van der Waals surface area (Å²) in [5.41, 5.74) is 5.15. The van der Waals surface area contributed by atoms with Crippen molar-refractivity contribution in [3.63, 3.8) is 0 Å². The minimum atomic E-state index is -0.850. The minimum absolute atomic E-state index is 0.0306. The van der Waals surface area contributed by atoms with Gasteiger partial charge in [0.2, 0.25) is 11.5 Å². The van der Waals surface area contributed by atoms with Crippen molar-refractivity contribution in [3.8, 4) is 16.9 Å². The molecular weight excluding hydrogens is 350 g/mol. The molecule has 0 aliphatic rings. The summed E-state index contributed by atoms with van der Waals surface area (Å²) in [5, 5.41) is 13.5. The third-order valence-corrected chi connectivity index (χ3v) is 4.22. The Balaban J connectivity index is 2.04. The molecule has 132 valence electrons.